The lowest BCUT2D eigenvalue weighted by atomic mass is 9.96. The maximum atomic E-state index is 11.7. The van der Waals surface area contributed by atoms with Crippen molar-refractivity contribution in [3.05, 3.63) is 70.1 Å². The molecule has 110 valence electrons. The summed E-state index contributed by atoms with van der Waals surface area (Å²) in [5.74, 6) is -1.09. The third kappa shape index (κ3) is 2.13. The van der Waals surface area contributed by atoms with E-state index in [9.17, 15) is 14.7 Å². The first-order chi connectivity index (χ1) is 10.5. The van der Waals surface area contributed by atoms with Crippen molar-refractivity contribution in [2.24, 2.45) is 0 Å². The third-order valence-electron chi connectivity index (χ3n) is 3.68. The molecule has 1 aromatic rings. The molecule has 3 N–H and O–H groups in total. The highest BCUT2D eigenvalue weighted by atomic mass is 16.4. The minimum Gasteiger partial charge on any atom is -0.478 e. The second-order valence-electron chi connectivity index (χ2n) is 5.07. The maximum absolute atomic E-state index is 11.7. The average molecular weight is 294 g/mol. The van der Waals surface area contributed by atoms with Gasteiger partial charge in [-0.25, -0.2) is 4.79 Å². The van der Waals surface area contributed by atoms with Gasteiger partial charge >= 0.3 is 5.97 Å². The van der Waals surface area contributed by atoms with Crippen molar-refractivity contribution in [2.45, 2.75) is 6.92 Å². The number of nitrogens with two attached hydrogens (primary N) is 1. The molecular formula is C17H14N2O3. The lowest BCUT2D eigenvalue weighted by molar-refractivity contribution is 0.0696. The number of hydrogen-bond donors (Lipinski definition) is 2. The summed E-state index contributed by atoms with van der Waals surface area (Å²) in [5, 5.41) is 9.56. The molecule has 0 saturated heterocycles. The molecule has 2 aliphatic rings. The Bertz CT molecular complexity index is 898. The Hall–Kier alpha value is -3.08. The van der Waals surface area contributed by atoms with Crippen LogP contribution >= 0.6 is 0 Å². The molecule has 3 rings (SSSR count). The molecular weight excluding hydrogens is 280 g/mol. The van der Waals surface area contributed by atoms with Crippen LogP contribution in [0.2, 0.25) is 0 Å². The summed E-state index contributed by atoms with van der Waals surface area (Å²) in [6, 6.07) is 12.0. The van der Waals surface area contributed by atoms with Gasteiger partial charge in [0.25, 0.3) is 0 Å². The Labute approximate surface area is 126 Å². The van der Waals surface area contributed by atoms with Gasteiger partial charge in [0.05, 0.1) is 5.56 Å². The molecule has 0 saturated carbocycles. The van der Waals surface area contributed by atoms with Crippen LogP contribution in [0.4, 0.5) is 5.69 Å². The van der Waals surface area contributed by atoms with Crippen molar-refractivity contribution in [3.63, 3.8) is 0 Å². The van der Waals surface area contributed by atoms with Crippen LogP contribution in [0.1, 0.15) is 16.1 Å². The van der Waals surface area contributed by atoms with Gasteiger partial charge in [-0.05, 0) is 25.1 Å². The summed E-state index contributed by atoms with van der Waals surface area (Å²) in [4.78, 5) is 23.4. The number of fused-ring (bicyclic) bond motifs is 1. The average Bonchev–Trinajstić information content (AvgIpc) is 2.47. The zero-order valence-corrected chi connectivity index (χ0v) is 11.9. The number of carboxylic acid groups (broad SMARTS) is 1. The summed E-state index contributed by atoms with van der Waals surface area (Å²) in [6.45, 7) is 1.71. The SMILES string of the molecule is Cc1c(C(=O)O)c2cc(=O)cc(N)c-2cn1-c1ccccc1. The maximum Gasteiger partial charge on any atom is 0.338 e. The minimum atomic E-state index is -1.09. The van der Waals surface area contributed by atoms with Gasteiger partial charge in [-0.1, -0.05) is 18.2 Å². The molecule has 0 unspecified atom stereocenters. The van der Waals surface area contributed by atoms with Gasteiger partial charge in [-0.3, -0.25) is 4.79 Å². The zero-order valence-electron chi connectivity index (χ0n) is 11.9. The van der Waals surface area contributed by atoms with Crippen LogP contribution in [-0.4, -0.2) is 15.6 Å². The lowest BCUT2D eigenvalue weighted by Gasteiger charge is -2.20. The lowest BCUT2D eigenvalue weighted by Crippen LogP contribution is -2.15. The van der Waals surface area contributed by atoms with Crippen LogP contribution in [-0.2, 0) is 0 Å². The fraction of sp³-hybridized carbons (Fsp3) is 0.0588. The van der Waals surface area contributed by atoms with E-state index >= 15 is 0 Å². The first-order valence-corrected chi connectivity index (χ1v) is 6.73. The monoisotopic (exact) mass is 294 g/mol. The Balaban J connectivity index is 2.46. The first kappa shape index (κ1) is 13.9. The fourth-order valence-corrected chi connectivity index (χ4v) is 2.67. The normalized spacial score (nSPS) is 10.8. The van der Waals surface area contributed by atoms with E-state index in [0.717, 1.165) is 5.69 Å². The van der Waals surface area contributed by atoms with E-state index in [4.69, 9.17) is 5.73 Å². The Morgan fingerprint density at radius 1 is 1.14 bits per heavy atom. The molecule has 1 aliphatic carbocycles. The molecule has 1 aromatic carbocycles. The second-order valence-corrected chi connectivity index (χ2v) is 5.07. The zero-order chi connectivity index (χ0) is 15.9. The first-order valence-electron chi connectivity index (χ1n) is 6.73. The van der Waals surface area contributed by atoms with E-state index in [1.165, 1.54) is 12.1 Å². The van der Waals surface area contributed by atoms with E-state index in [-0.39, 0.29) is 16.7 Å². The molecule has 0 bridgehead atoms. The summed E-state index contributed by atoms with van der Waals surface area (Å²) >= 11 is 0. The van der Waals surface area contributed by atoms with E-state index in [1.807, 2.05) is 30.3 Å². The molecule has 22 heavy (non-hydrogen) atoms. The van der Waals surface area contributed by atoms with Gasteiger partial charge in [-0.15, -0.1) is 0 Å². The van der Waals surface area contributed by atoms with Crippen molar-refractivity contribution in [1.82, 2.24) is 4.57 Å². The Kier molecular flexibility index (Phi) is 3.18. The van der Waals surface area contributed by atoms with E-state index in [0.29, 0.717) is 16.8 Å². The number of carbonyl (C=O) groups is 1. The number of benzene rings is 2. The number of carboxylic acids is 1. The van der Waals surface area contributed by atoms with Gasteiger partial charge in [0.2, 0.25) is 0 Å². The smallest absolute Gasteiger partial charge is 0.338 e. The molecule has 0 spiro atoms. The largest absolute Gasteiger partial charge is 0.478 e. The van der Waals surface area contributed by atoms with Crippen molar-refractivity contribution >= 4 is 11.7 Å². The molecule has 1 heterocycles. The van der Waals surface area contributed by atoms with Crippen molar-refractivity contribution in [3.8, 4) is 16.8 Å². The number of pyridine rings is 1. The van der Waals surface area contributed by atoms with Crippen LogP contribution in [0, 0.1) is 6.92 Å². The summed E-state index contributed by atoms with van der Waals surface area (Å²) in [7, 11) is 0. The number of aromatic nitrogens is 1. The van der Waals surface area contributed by atoms with Gasteiger partial charge in [0, 0.05) is 40.5 Å². The topological polar surface area (TPSA) is 85.3 Å². The van der Waals surface area contributed by atoms with Crippen LogP contribution in [0.5, 0.6) is 0 Å². The molecule has 0 amide bonds. The summed E-state index contributed by atoms with van der Waals surface area (Å²) < 4.78 is 1.77. The number of rotatable bonds is 2. The molecule has 0 aromatic heterocycles. The van der Waals surface area contributed by atoms with Crippen molar-refractivity contribution in [2.75, 3.05) is 5.73 Å². The predicted octanol–water partition coefficient (Wildman–Crippen LogP) is 2.53. The molecule has 0 fully saturated rings. The van der Waals surface area contributed by atoms with Crippen LogP contribution in [0.3, 0.4) is 0 Å². The number of nitrogen functional groups attached to an aromatic ring is 1. The third-order valence-corrected chi connectivity index (χ3v) is 3.68. The highest BCUT2D eigenvalue weighted by molar-refractivity contribution is 5.99. The van der Waals surface area contributed by atoms with Gasteiger partial charge in [0.15, 0.2) is 5.43 Å². The Morgan fingerprint density at radius 3 is 2.45 bits per heavy atom. The molecule has 0 atom stereocenters. The molecule has 5 nitrogen and oxygen atoms in total. The quantitative estimate of drug-likeness (QED) is 0.711. The number of anilines is 1. The van der Waals surface area contributed by atoms with Crippen LogP contribution in [0.25, 0.3) is 16.8 Å². The standard InChI is InChI=1S/C17H14N2O3/c1-10-16(17(21)22)13-7-12(20)8-15(18)14(13)9-19(10)11-5-3-2-4-6-11/h2-9H,18H2,1H3,(H,21,22). The van der Waals surface area contributed by atoms with Gasteiger partial charge in [-0.2, -0.15) is 0 Å². The van der Waals surface area contributed by atoms with Crippen molar-refractivity contribution in [1.29, 1.82) is 0 Å². The van der Waals surface area contributed by atoms with Gasteiger partial charge in [0.1, 0.15) is 0 Å². The van der Waals surface area contributed by atoms with E-state index < -0.39 is 5.97 Å². The van der Waals surface area contributed by atoms with Crippen LogP contribution in [0.15, 0.2) is 53.5 Å². The highest BCUT2D eigenvalue weighted by Crippen LogP contribution is 2.33. The summed E-state index contributed by atoms with van der Waals surface area (Å²) in [6.07, 6.45) is 1.77. The number of para-hydroxylation sites is 1. The number of hydrogen-bond acceptors (Lipinski definition) is 3. The fourth-order valence-electron chi connectivity index (χ4n) is 2.67. The predicted molar refractivity (Wildman–Crippen MR) is 84.8 cm³/mol. The van der Waals surface area contributed by atoms with E-state index in [2.05, 4.69) is 0 Å². The number of nitrogens with zero attached hydrogens (tertiary/aromatic N) is 1. The number of aromatic carboxylic acids is 1. The van der Waals surface area contributed by atoms with Gasteiger partial charge < -0.3 is 15.4 Å². The molecule has 0 radical (unpaired) electrons. The second kappa shape index (κ2) is 5.04. The summed E-state index contributed by atoms with van der Waals surface area (Å²) in [5.41, 5.74) is 8.25. The minimum absolute atomic E-state index is 0.0887. The Morgan fingerprint density at radius 2 is 1.82 bits per heavy atom. The van der Waals surface area contributed by atoms with Crippen molar-refractivity contribution < 1.29 is 9.90 Å². The molecule has 5 heteroatoms. The van der Waals surface area contributed by atoms with E-state index in [1.54, 1.807) is 17.7 Å². The highest BCUT2D eigenvalue weighted by Gasteiger charge is 2.22. The molecule has 1 aliphatic heterocycles. The van der Waals surface area contributed by atoms with Crippen LogP contribution < -0.4 is 11.2 Å².